The van der Waals surface area contributed by atoms with Crippen LogP contribution in [-0.2, 0) is 0 Å². The number of hydrogen-bond donors (Lipinski definition) is 1. The number of carbonyl (C=O) groups excluding carboxylic acids is 1. The summed E-state index contributed by atoms with van der Waals surface area (Å²) in [6.07, 6.45) is 3.35. The van der Waals surface area contributed by atoms with Crippen molar-refractivity contribution in [2.24, 2.45) is 0 Å². The number of anilines is 1. The molecule has 0 atom stereocenters. The van der Waals surface area contributed by atoms with Crippen molar-refractivity contribution in [3.8, 4) is 5.69 Å². The number of carbonyl (C=O) groups is 1. The number of nitro groups is 1. The van der Waals surface area contributed by atoms with Crippen LogP contribution >= 0.6 is 0 Å². The summed E-state index contributed by atoms with van der Waals surface area (Å²) in [5.74, 6) is -1.43. The van der Waals surface area contributed by atoms with Crippen LogP contribution in [0.2, 0.25) is 0 Å². The molecule has 0 bridgehead atoms. The number of nitrogens with zero attached hydrogens (tertiary/aromatic N) is 3. The summed E-state index contributed by atoms with van der Waals surface area (Å²) in [6.45, 7) is 0. The minimum Gasteiger partial charge on any atom is -0.322 e. The zero-order chi connectivity index (χ0) is 17.1. The molecule has 0 radical (unpaired) electrons. The van der Waals surface area contributed by atoms with Crippen LogP contribution in [0.1, 0.15) is 10.4 Å². The first kappa shape index (κ1) is 15.3. The second-order valence-corrected chi connectivity index (χ2v) is 4.88. The van der Waals surface area contributed by atoms with Gasteiger partial charge in [-0.2, -0.15) is 9.49 Å². The summed E-state index contributed by atoms with van der Waals surface area (Å²) < 4.78 is 14.9. The first-order chi connectivity index (χ1) is 11.5. The highest BCUT2D eigenvalue weighted by Crippen LogP contribution is 2.22. The van der Waals surface area contributed by atoms with Crippen molar-refractivity contribution in [3.63, 3.8) is 0 Å². The maximum Gasteiger partial charge on any atom is 0.306 e. The molecule has 0 aliphatic rings. The molecule has 0 saturated heterocycles. The Morgan fingerprint density at radius 1 is 1.21 bits per heavy atom. The van der Waals surface area contributed by atoms with Gasteiger partial charge in [-0.15, -0.1) is 0 Å². The van der Waals surface area contributed by atoms with Crippen molar-refractivity contribution in [1.82, 2.24) is 9.78 Å². The number of halogens is 1. The Kier molecular flexibility index (Phi) is 4.02. The molecule has 8 heteroatoms. The van der Waals surface area contributed by atoms with Crippen molar-refractivity contribution in [2.45, 2.75) is 0 Å². The molecule has 0 aliphatic heterocycles. The molecule has 0 unspecified atom stereocenters. The zero-order valence-electron chi connectivity index (χ0n) is 12.2. The summed E-state index contributed by atoms with van der Waals surface area (Å²) in [5, 5.41) is 17.3. The molecule has 1 aromatic heterocycles. The molecule has 24 heavy (non-hydrogen) atoms. The molecule has 1 heterocycles. The van der Waals surface area contributed by atoms with Gasteiger partial charge in [-0.1, -0.05) is 6.07 Å². The fourth-order valence-electron chi connectivity index (χ4n) is 2.14. The molecule has 0 spiro atoms. The lowest BCUT2D eigenvalue weighted by Gasteiger charge is -2.07. The van der Waals surface area contributed by atoms with E-state index in [4.69, 9.17) is 0 Å². The second-order valence-electron chi connectivity index (χ2n) is 4.88. The fourth-order valence-corrected chi connectivity index (χ4v) is 2.14. The summed E-state index contributed by atoms with van der Waals surface area (Å²) in [6, 6.07) is 11.6. The molecule has 3 aromatic rings. The Balaban J connectivity index is 1.84. The highest BCUT2D eigenvalue weighted by molar-refractivity contribution is 6.04. The lowest BCUT2D eigenvalue weighted by atomic mass is 10.2. The molecule has 0 saturated carbocycles. The van der Waals surface area contributed by atoms with Crippen molar-refractivity contribution in [3.05, 3.63) is 82.4 Å². The van der Waals surface area contributed by atoms with Gasteiger partial charge in [0.05, 0.1) is 10.6 Å². The van der Waals surface area contributed by atoms with E-state index in [-0.39, 0.29) is 5.69 Å². The van der Waals surface area contributed by atoms with Gasteiger partial charge >= 0.3 is 5.69 Å². The minimum atomic E-state index is -0.960. The van der Waals surface area contributed by atoms with Gasteiger partial charge in [0.1, 0.15) is 0 Å². The summed E-state index contributed by atoms with van der Waals surface area (Å²) in [5.41, 5.74) is 0.475. The highest BCUT2D eigenvalue weighted by Gasteiger charge is 2.16. The number of benzene rings is 2. The third kappa shape index (κ3) is 3.12. The van der Waals surface area contributed by atoms with Gasteiger partial charge in [0, 0.05) is 29.7 Å². The molecule has 120 valence electrons. The predicted octanol–water partition coefficient (Wildman–Crippen LogP) is 3.17. The van der Waals surface area contributed by atoms with Crippen LogP contribution in [0.4, 0.5) is 15.8 Å². The number of hydrogen-bond acceptors (Lipinski definition) is 4. The Morgan fingerprint density at radius 2 is 2.04 bits per heavy atom. The molecule has 2 aromatic carbocycles. The summed E-state index contributed by atoms with van der Waals surface area (Å²) >= 11 is 0. The smallest absolute Gasteiger partial charge is 0.306 e. The lowest BCUT2D eigenvalue weighted by Crippen LogP contribution is -2.12. The normalized spacial score (nSPS) is 10.4. The number of nitrogens with one attached hydrogen (secondary N) is 1. The molecule has 0 aliphatic carbocycles. The van der Waals surface area contributed by atoms with Gasteiger partial charge in [0.2, 0.25) is 5.82 Å². The fraction of sp³-hybridized carbons (Fsp3) is 0. The Labute approximate surface area is 135 Å². The highest BCUT2D eigenvalue weighted by atomic mass is 19.1. The van der Waals surface area contributed by atoms with Crippen LogP contribution in [0.3, 0.4) is 0 Å². The first-order valence-corrected chi connectivity index (χ1v) is 6.90. The van der Waals surface area contributed by atoms with E-state index in [1.807, 2.05) is 0 Å². The predicted molar refractivity (Wildman–Crippen MR) is 84.6 cm³/mol. The van der Waals surface area contributed by atoms with Gasteiger partial charge in [-0.05, 0) is 36.4 Å². The maximum atomic E-state index is 13.3. The average Bonchev–Trinajstić information content (AvgIpc) is 3.11. The van der Waals surface area contributed by atoms with E-state index in [2.05, 4.69) is 10.4 Å². The van der Waals surface area contributed by atoms with Gasteiger partial charge in [0.25, 0.3) is 5.91 Å². The first-order valence-electron chi connectivity index (χ1n) is 6.90. The Hall–Kier alpha value is -3.55. The molecule has 7 nitrogen and oxygen atoms in total. The zero-order valence-corrected chi connectivity index (χ0v) is 12.2. The standard InChI is InChI=1S/C16H11FN4O3/c17-14-6-5-12(10-15(14)21(23)24)19-16(22)11-3-1-4-13(9-11)20-8-2-7-18-20/h1-10H,(H,19,22). The number of rotatable bonds is 4. The molecule has 1 amide bonds. The third-order valence-electron chi connectivity index (χ3n) is 3.28. The minimum absolute atomic E-state index is 0.137. The molecular formula is C16H11FN4O3. The second kappa shape index (κ2) is 6.29. The monoisotopic (exact) mass is 326 g/mol. The van der Waals surface area contributed by atoms with E-state index in [9.17, 15) is 19.3 Å². The van der Waals surface area contributed by atoms with Crippen LogP contribution in [0, 0.1) is 15.9 Å². The van der Waals surface area contributed by atoms with Crippen LogP contribution in [-0.4, -0.2) is 20.6 Å². The summed E-state index contributed by atoms with van der Waals surface area (Å²) in [7, 11) is 0. The number of aromatic nitrogens is 2. The number of nitro benzene ring substituents is 1. The van der Waals surface area contributed by atoms with Crippen LogP contribution in [0.5, 0.6) is 0 Å². The molecular weight excluding hydrogens is 315 g/mol. The van der Waals surface area contributed by atoms with Crippen LogP contribution in [0.15, 0.2) is 60.9 Å². The van der Waals surface area contributed by atoms with E-state index >= 15 is 0 Å². The average molecular weight is 326 g/mol. The van der Waals surface area contributed by atoms with Gasteiger partial charge in [-0.3, -0.25) is 14.9 Å². The maximum absolute atomic E-state index is 13.3. The largest absolute Gasteiger partial charge is 0.322 e. The Morgan fingerprint density at radius 3 is 2.75 bits per heavy atom. The van der Waals surface area contributed by atoms with E-state index in [0.717, 1.165) is 12.1 Å². The SMILES string of the molecule is O=C(Nc1ccc(F)c([N+](=O)[O-])c1)c1cccc(-n2cccn2)c1. The van der Waals surface area contributed by atoms with E-state index in [1.165, 1.54) is 6.07 Å². The molecule has 0 fully saturated rings. The van der Waals surface area contributed by atoms with Gasteiger partial charge in [-0.25, -0.2) is 4.68 Å². The van der Waals surface area contributed by atoms with Crippen molar-refractivity contribution >= 4 is 17.3 Å². The summed E-state index contributed by atoms with van der Waals surface area (Å²) in [4.78, 5) is 22.2. The van der Waals surface area contributed by atoms with E-state index < -0.39 is 22.3 Å². The van der Waals surface area contributed by atoms with Crippen LogP contribution in [0.25, 0.3) is 5.69 Å². The lowest BCUT2D eigenvalue weighted by molar-refractivity contribution is -0.387. The van der Waals surface area contributed by atoms with Crippen molar-refractivity contribution in [1.29, 1.82) is 0 Å². The Bertz CT molecular complexity index is 909. The van der Waals surface area contributed by atoms with Crippen molar-refractivity contribution in [2.75, 3.05) is 5.32 Å². The van der Waals surface area contributed by atoms with Gasteiger partial charge in [0.15, 0.2) is 0 Å². The topological polar surface area (TPSA) is 90.1 Å². The van der Waals surface area contributed by atoms with Crippen molar-refractivity contribution < 1.29 is 14.1 Å². The van der Waals surface area contributed by atoms with E-state index in [0.29, 0.717) is 11.3 Å². The quantitative estimate of drug-likeness (QED) is 0.589. The van der Waals surface area contributed by atoms with Gasteiger partial charge < -0.3 is 5.32 Å². The number of amides is 1. The van der Waals surface area contributed by atoms with Crippen LogP contribution < -0.4 is 5.32 Å². The third-order valence-corrected chi connectivity index (χ3v) is 3.28. The molecule has 3 rings (SSSR count). The molecule has 1 N–H and O–H groups in total. The van der Waals surface area contributed by atoms with E-state index in [1.54, 1.807) is 47.4 Å².